The highest BCUT2D eigenvalue weighted by Gasteiger charge is 2.38. The van der Waals surface area contributed by atoms with Gasteiger partial charge in [-0.25, -0.2) is 9.97 Å². The van der Waals surface area contributed by atoms with E-state index in [1.807, 2.05) is 31.0 Å². The predicted octanol–water partition coefficient (Wildman–Crippen LogP) is 2.52. The van der Waals surface area contributed by atoms with Crippen LogP contribution in [0.15, 0.2) is 23.1 Å². The lowest BCUT2D eigenvalue weighted by Crippen LogP contribution is -2.18. The number of aryl methyl sites for hydroxylation is 2. The first-order valence-electron chi connectivity index (χ1n) is 8.23. The highest BCUT2D eigenvalue weighted by molar-refractivity contribution is 5.90. The molecule has 4 rings (SSSR count). The summed E-state index contributed by atoms with van der Waals surface area (Å²) in [5.41, 5.74) is 3.07. The zero-order chi connectivity index (χ0) is 16.7. The predicted molar refractivity (Wildman–Crippen MR) is 91.6 cm³/mol. The van der Waals surface area contributed by atoms with Crippen LogP contribution in [0.1, 0.15) is 36.7 Å². The van der Waals surface area contributed by atoms with Crippen LogP contribution in [-0.2, 0) is 20.1 Å². The van der Waals surface area contributed by atoms with E-state index < -0.39 is 0 Å². The number of rotatable bonds is 6. The van der Waals surface area contributed by atoms with Gasteiger partial charge in [0.1, 0.15) is 17.9 Å². The molecular weight excluding hydrogens is 304 g/mol. The lowest BCUT2D eigenvalue weighted by molar-refractivity contribution is 0.555. The maximum absolute atomic E-state index is 5.83. The quantitative estimate of drug-likeness (QED) is 0.724. The molecule has 0 unspecified atom stereocenters. The van der Waals surface area contributed by atoms with E-state index in [1.54, 1.807) is 6.33 Å². The molecule has 7 nitrogen and oxygen atoms in total. The molecule has 1 aliphatic rings. The molecular formula is C17H22N6O. The fourth-order valence-electron chi connectivity index (χ4n) is 2.90. The van der Waals surface area contributed by atoms with E-state index in [0.29, 0.717) is 12.3 Å². The van der Waals surface area contributed by atoms with Crippen LogP contribution in [0.5, 0.6) is 0 Å². The number of fused-ring (bicyclic) bond motifs is 1. The summed E-state index contributed by atoms with van der Waals surface area (Å²) in [6.45, 7) is 5.65. The summed E-state index contributed by atoms with van der Waals surface area (Å²) in [5, 5.41) is 12.2. The first-order valence-corrected chi connectivity index (χ1v) is 8.23. The summed E-state index contributed by atoms with van der Waals surface area (Å²) in [6, 6.07) is 0. The van der Waals surface area contributed by atoms with Crippen molar-refractivity contribution in [3.05, 3.63) is 35.6 Å². The summed E-state index contributed by atoms with van der Waals surface area (Å²) in [4.78, 5) is 8.74. The molecule has 1 saturated carbocycles. The highest BCUT2D eigenvalue weighted by Crippen LogP contribution is 2.40. The SMILES string of the molecule is Cc1oc2ncnc(NC3(C)CC3)c2c1CNCc1cnn(C)c1. The summed E-state index contributed by atoms with van der Waals surface area (Å²) in [5.74, 6) is 1.75. The van der Waals surface area contributed by atoms with Crippen LogP contribution in [0.4, 0.5) is 5.82 Å². The fraction of sp³-hybridized carbons (Fsp3) is 0.471. The Morgan fingerprint density at radius 2 is 2.12 bits per heavy atom. The minimum atomic E-state index is 0.160. The molecule has 2 N–H and O–H groups in total. The largest absolute Gasteiger partial charge is 0.443 e. The van der Waals surface area contributed by atoms with Crippen molar-refractivity contribution in [2.45, 2.75) is 45.3 Å². The van der Waals surface area contributed by atoms with Crippen LogP contribution in [-0.4, -0.2) is 25.3 Å². The smallest absolute Gasteiger partial charge is 0.231 e. The number of hydrogen-bond donors (Lipinski definition) is 2. The lowest BCUT2D eigenvalue weighted by atomic mass is 10.1. The molecule has 3 heterocycles. The molecule has 24 heavy (non-hydrogen) atoms. The van der Waals surface area contributed by atoms with Crippen molar-refractivity contribution >= 4 is 16.9 Å². The van der Waals surface area contributed by atoms with E-state index in [9.17, 15) is 0 Å². The summed E-state index contributed by atoms with van der Waals surface area (Å²) < 4.78 is 7.64. The monoisotopic (exact) mass is 326 g/mol. The molecule has 0 saturated heterocycles. The second-order valence-electron chi connectivity index (χ2n) is 6.85. The van der Waals surface area contributed by atoms with Crippen molar-refractivity contribution in [3.8, 4) is 0 Å². The molecule has 0 radical (unpaired) electrons. The van der Waals surface area contributed by atoms with Gasteiger partial charge in [0.05, 0.1) is 11.6 Å². The topological polar surface area (TPSA) is 80.8 Å². The van der Waals surface area contributed by atoms with Gasteiger partial charge in [0.15, 0.2) is 0 Å². The van der Waals surface area contributed by atoms with Gasteiger partial charge in [0, 0.05) is 43.0 Å². The van der Waals surface area contributed by atoms with Gasteiger partial charge in [-0.3, -0.25) is 4.68 Å². The van der Waals surface area contributed by atoms with Crippen molar-refractivity contribution in [2.24, 2.45) is 7.05 Å². The van der Waals surface area contributed by atoms with Crippen molar-refractivity contribution in [3.63, 3.8) is 0 Å². The third-order valence-corrected chi connectivity index (χ3v) is 4.60. The number of nitrogens with zero attached hydrogens (tertiary/aromatic N) is 4. The maximum Gasteiger partial charge on any atom is 0.231 e. The Kier molecular flexibility index (Phi) is 3.53. The number of nitrogens with one attached hydrogen (secondary N) is 2. The molecule has 7 heteroatoms. The van der Waals surface area contributed by atoms with Crippen molar-refractivity contribution in [1.82, 2.24) is 25.1 Å². The third kappa shape index (κ3) is 2.87. The van der Waals surface area contributed by atoms with Gasteiger partial charge in [-0.2, -0.15) is 5.10 Å². The lowest BCUT2D eigenvalue weighted by Gasteiger charge is -2.13. The second-order valence-corrected chi connectivity index (χ2v) is 6.85. The van der Waals surface area contributed by atoms with Gasteiger partial charge >= 0.3 is 0 Å². The van der Waals surface area contributed by atoms with Gasteiger partial charge in [-0.15, -0.1) is 0 Å². The highest BCUT2D eigenvalue weighted by atomic mass is 16.3. The third-order valence-electron chi connectivity index (χ3n) is 4.60. The molecule has 0 aliphatic heterocycles. The van der Waals surface area contributed by atoms with Crippen molar-refractivity contribution in [1.29, 1.82) is 0 Å². The van der Waals surface area contributed by atoms with E-state index in [1.165, 1.54) is 12.8 Å². The van der Waals surface area contributed by atoms with E-state index in [4.69, 9.17) is 4.42 Å². The van der Waals surface area contributed by atoms with Crippen LogP contribution >= 0.6 is 0 Å². The van der Waals surface area contributed by atoms with Gasteiger partial charge < -0.3 is 15.1 Å². The summed E-state index contributed by atoms with van der Waals surface area (Å²) in [6.07, 6.45) is 7.79. The first-order chi connectivity index (χ1) is 11.5. The number of furan rings is 1. The van der Waals surface area contributed by atoms with E-state index in [2.05, 4.69) is 32.6 Å². The van der Waals surface area contributed by atoms with Crippen LogP contribution in [0.2, 0.25) is 0 Å². The van der Waals surface area contributed by atoms with Crippen molar-refractivity contribution in [2.75, 3.05) is 5.32 Å². The molecule has 0 atom stereocenters. The Labute approximate surface area is 140 Å². The number of hydrogen-bond acceptors (Lipinski definition) is 6. The molecule has 0 amide bonds. The van der Waals surface area contributed by atoms with Gasteiger partial charge in [-0.1, -0.05) is 0 Å². The fourth-order valence-corrected chi connectivity index (χ4v) is 2.90. The molecule has 126 valence electrons. The van der Waals surface area contributed by atoms with Gasteiger partial charge in [0.25, 0.3) is 0 Å². The Hall–Kier alpha value is -2.41. The molecule has 0 bridgehead atoms. The molecule has 3 aromatic heterocycles. The molecule has 0 spiro atoms. The maximum atomic E-state index is 5.83. The zero-order valence-electron chi connectivity index (χ0n) is 14.3. The Morgan fingerprint density at radius 3 is 2.83 bits per heavy atom. The van der Waals surface area contributed by atoms with Crippen LogP contribution in [0.3, 0.4) is 0 Å². The Balaban J connectivity index is 1.58. The van der Waals surface area contributed by atoms with E-state index in [-0.39, 0.29) is 5.54 Å². The summed E-state index contributed by atoms with van der Waals surface area (Å²) >= 11 is 0. The normalized spacial score (nSPS) is 15.8. The van der Waals surface area contributed by atoms with E-state index >= 15 is 0 Å². The van der Waals surface area contributed by atoms with Crippen LogP contribution < -0.4 is 10.6 Å². The van der Waals surface area contributed by atoms with Crippen LogP contribution in [0.25, 0.3) is 11.1 Å². The van der Waals surface area contributed by atoms with Crippen molar-refractivity contribution < 1.29 is 4.42 Å². The molecule has 3 aromatic rings. The second kappa shape index (κ2) is 5.59. The average molecular weight is 326 g/mol. The van der Waals surface area contributed by atoms with Crippen LogP contribution in [0, 0.1) is 6.92 Å². The van der Waals surface area contributed by atoms with Gasteiger partial charge in [0.2, 0.25) is 5.71 Å². The van der Waals surface area contributed by atoms with Gasteiger partial charge in [-0.05, 0) is 26.7 Å². The Bertz CT molecular complexity index is 876. The standard InChI is InChI=1S/C17H22N6O/c1-11-13(8-18-6-12-7-21-23(3)9-12)14-15(22-17(2)4-5-17)19-10-20-16(14)24-11/h7,9-10,18H,4-6,8H2,1-3H3,(H,19,20,22). The molecule has 1 aliphatic carbocycles. The minimum absolute atomic E-state index is 0.160. The number of anilines is 1. The number of aromatic nitrogens is 4. The molecule has 0 aromatic carbocycles. The average Bonchev–Trinajstić information content (AvgIpc) is 2.97. The van der Waals surface area contributed by atoms with E-state index in [0.717, 1.165) is 34.6 Å². The minimum Gasteiger partial charge on any atom is -0.443 e. The molecule has 1 fully saturated rings. The first kappa shape index (κ1) is 15.1. The summed E-state index contributed by atoms with van der Waals surface area (Å²) in [7, 11) is 1.92. The Morgan fingerprint density at radius 1 is 1.29 bits per heavy atom. The zero-order valence-corrected chi connectivity index (χ0v) is 14.3.